The van der Waals surface area contributed by atoms with Gasteiger partial charge in [0.2, 0.25) is 0 Å². The molecule has 3 aliphatic carbocycles. The number of hydrogen-bond acceptors (Lipinski definition) is 3. The number of carbonyl (C=O) groups is 3. The highest BCUT2D eigenvalue weighted by molar-refractivity contribution is 5.84. The number of rotatable bonds is 3. The van der Waals surface area contributed by atoms with Crippen molar-refractivity contribution in [2.75, 3.05) is 0 Å². The van der Waals surface area contributed by atoms with Crippen molar-refractivity contribution < 1.29 is 14.4 Å². The van der Waals surface area contributed by atoms with Crippen molar-refractivity contribution in [3.05, 3.63) is 105 Å². The fourth-order valence-corrected chi connectivity index (χ4v) is 8.01. The van der Waals surface area contributed by atoms with Crippen LogP contribution in [0, 0.1) is 5.41 Å². The maximum atomic E-state index is 11.7. The van der Waals surface area contributed by atoms with E-state index >= 15 is 0 Å². The molecular weight excluding hydrogens is 396 g/mol. The molecule has 0 bridgehead atoms. The molecule has 0 amide bonds. The summed E-state index contributed by atoms with van der Waals surface area (Å²) in [5.41, 5.74) is 7.71. The van der Waals surface area contributed by atoms with E-state index in [4.69, 9.17) is 0 Å². The van der Waals surface area contributed by atoms with Crippen LogP contribution in [0.4, 0.5) is 0 Å². The highest BCUT2D eigenvalue weighted by atomic mass is 16.1. The van der Waals surface area contributed by atoms with Gasteiger partial charge in [-0.3, -0.25) is 14.4 Å². The van der Waals surface area contributed by atoms with Gasteiger partial charge in [-0.05, 0) is 51.6 Å². The molecule has 3 aromatic carbocycles. The van der Waals surface area contributed by atoms with Gasteiger partial charge >= 0.3 is 0 Å². The van der Waals surface area contributed by atoms with Gasteiger partial charge < -0.3 is 0 Å². The van der Waals surface area contributed by atoms with E-state index in [2.05, 4.69) is 45.9 Å². The van der Waals surface area contributed by atoms with Gasteiger partial charge in [0.05, 0.1) is 0 Å². The monoisotopic (exact) mass is 420 g/mol. The number of benzene rings is 3. The summed E-state index contributed by atoms with van der Waals surface area (Å²) in [5.74, 6) is 0. The quantitative estimate of drug-likeness (QED) is 0.534. The molecule has 0 fully saturated rings. The molecule has 0 spiro atoms. The van der Waals surface area contributed by atoms with Crippen molar-refractivity contribution in [2.24, 2.45) is 5.41 Å². The lowest BCUT2D eigenvalue weighted by Crippen LogP contribution is -2.51. The van der Waals surface area contributed by atoms with Crippen molar-refractivity contribution in [1.82, 2.24) is 0 Å². The van der Waals surface area contributed by atoms with E-state index in [-0.39, 0.29) is 21.7 Å². The van der Waals surface area contributed by atoms with Crippen LogP contribution in [0.1, 0.15) is 92.1 Å². The molecule has 3 atom stereocenters. The Morgan fingerprint density at radius 2 is 0.750 bits per heavy atom. The van der Waals surface area contributed by atoms with E-state index < -0.39 is 0 Å². The number of carbonyl (C=O) groups excluding carboxylic acids is 3. The summed E-state index contributed by atoms with van der Waals surface area (Å²) < 4.78 is 0. The third-order valence-corrected chi connectivity index (χ3v) is 9.77. The molecule has 0 radical (unpaired) electrons. The zero-order valence-corrected chi connectivity index (χ0v) is 18.7. The lowest BCUT2D eigenvalue weighted by atomic mass is 9.52. The third-order valence-electron chi connectivity index (χ3n) is 9.77. The van der Waals surface area contributed by atoms with E-state index in [9.17, 15) is 14.4 Å². The minimum atomic E-state index is -0.373. The molecule has 6 rings (SSSR count). The first-order valence-electron chi connectivity index (χ1n) is 11.0. The molecule has 0 heterocycles. The predicted octanol–water partition coefficient (Wildman–Crippen LogP) is 5.39. The Morgan fingerprint density at radius 3 is 1.00 bits per heavy atom. The highest BCUT2D eigenvalue weighted by Gasteiger charge is 2.79. The molecule has 3 aromatic rings. The number of fused-ring (bicyclic) bond motifs is 9. The Hall–Kier alpha value is -3.33. The number of aldehydes is 3. The zero-order chi connectivity index (χ0) is 22.7. The maximum Gasteiger partial charge on any atom is 0.150 e. The van der Waals surface area contributed by atoms with E-state index in [1.165, 1.54) is 16.7 Å². The van der Waals surface area contributed by atoms with Crippen molar-refractivity contribution in [3.8, 4) is 0 Å². The van der Waals surface area contributed by atoms with Crippen molar-refractivity contribution in [2.45, 2.75) is 43.9 Å². The van der Waals surface area contributed by atoms with Gasteiger partial charge in [-0.25, -0.2) is 0 Å². The average Bonchev–Trinajstić information content (AvgIpc) is 3.18. The van der Waals surface area contributed by atoms with Crippen molar-refractivity contribution in [3.63, 3.8) is 0 Å². The molecule has 3 nitrogen and oxygen atoms in total. The molecule has 158 valence electrons. The molecule has 0 aromatic heterocycles. The smallest absolute Gasteiger partial charge is 0.150 e. The van der Waals surface area contributed by atoms with E-state index in [0.29, 0.717) is 16.7 Å². The Labute approximate surface area is 187 Å². The Balaban J connectivity index is 1.87. The summed E-state index contributed by atoms with van der Waals surface area (Å²) in [7, 11) is 0. The lowest BCUT2D eigenvalue weighted by Gasteiger charge is -2.49. The van der Waals surface area contributed by atoms with Crippen LogP contribution in [-0.2, 0) is 16.2 Å². The first-order chi connectivity index (χ1) is 15.2. The van der Waals surface area contributed by atoms with Crippen LogP contribution < -0.4 is 0 Å². The Morgan fingerprint density at radius 1 is 0.469 bits per heavy atom. The molecule has 0 saturated heterocycles. The Bertz CT molecular complexity index is 1230. The number of hydrogen-bond donors (Lipinski definition) is 0. The predicted molar refractivity (Wildman–Crippen MR) is 123 cm³/mol. The van der Waals surface area contributed by atoms with Crippen LogP contribution in [0.3, 0.4) is 0 Å². The molecule has 3 aliphatic rings. The highest BCUT2D eigenvalue weighted by Crippen LogP contribution is 2.82. The molecule has 32 heavy (non-hydrogen) atoms. The second-order valence-corrected chi connectivity index (χ2v) is 10.3. The summed E-state index contributed by atoms with van der Waals surface area (Å²) in [4.78, 5) is 35.2. The van der Waals surface area contributed by atoms with Crippen LogP contribution in [0.15, 0.2) is 54.6 Å². The molecule has 0 unspecified atom stereocenters. The third kappa shape index (κ3) is 1.60. The van der Waals surface area contributed by atoms with Crippen LogP contribution in [0.2, 0.25) is 0 Å². The lowest BCUT2D eigenvalue weighted by molar-refractivity contribution is 0.0996. The van der Waals surface area contributed by atoms with Gasteiger partial charge in [0.15, 0.2) is 0 Å². The van der Waals surface area contributed by atoms with E-state index in [0.717, 1.165) is 35.5 Å². The fraction of sp³-hybridized carbons (Fsp3) is 0.276. The second-order valence-electron chi connectivity index (χ2n) is 10.3. The van der Waals surface area contributed by atoms with E-state index in [1.54, 1.807) is 0 Å². The summed E-state index contributed by atoms with van der Waals surface area (Å²) >= 11 is 0. The topological polar surface area (TPSA) is 51.2 Å². The van der Waals surface area contributed by atoms with Gasteiger partial charge in [-0.1, -0.05) is 64.1 Å². The maximum absolute atomic E-state index is 11.7. The first-order valence-corrected chi connectivity index (χ1v) is 11.0. The zero-order valence-electron chi connectivity index (χ0n) is 18.7. The Kier molecular flexibility index (Phi) is 3.34. The van der Waals surface area contributed by atoms with Gasteiger partial charge in [-0.2, -0.15) is 0 Å². The van der Waals surface area contributed by atoms with Crippen LogP contribution in [0.25, 0.3) is 0 Å². The normalized spacial score (nSPS) is 32.6. The van der Waals surface area contributed by atoms with E-state index in [1.807, 2.05) is 36.4 Å². The van der Waals surface area contributed by atoms with Gasteiger partial charge in [0.25, 0.3) is 0 Å². The second kappa shape index (κ2) is 5.53. The minimum absolute atomic E-state index is 0.301. The fourth-order valence-electron chi connectivity index (χ4n) is 8.01. The summed E-state index contributed by atoms with van der Waals surface area (Å²) in [5, 5.41) is 0. The van der Waals surface area contributed by atoms with Crippen LogP contribution >= 0.6 is 0 Å². The van der Waals surface area contributed by atoms with Gasteiger partial charge in [-0.15, -0.1) is 0 Å². The molecule has 0 saturated carbocycles. The van der Waals surface area contributed by atoms with Gasteiger partial charge in [0.1, 0.15) is 18.9 Å². The summed E-state index contributed by atoms with van der Waals surface area (Å²) in [6.45, 7) is 9.24. The molecule has 0 N–H and O–H groups in total. The summed E-state index contributed by atoms with van der Waals surface area (Å²) in [6.07, 6.45) is 2.72. The van der Waals surface area contributed by atoms with Crippen molar-refractivity contribution in [1.29, 1.82) is 0 Å². The largest absolute Gasteiger partial charge is 0.298 e. The average molecular weight is 421 g/mol. The molecule has 3 heteroatoms. The van der Waals surface area contributed by atoms with Crippen LogP contribution in [0.5, 0.6) is 0 Å². The minimum Gasteiger partial charge on any atom is -0.298 e. The first kappa shape index (κ1) is 19.4. The molecular formula is C29H24O3. The standard InChI is InChI=1S/C29H24O3/c1-26-20-8-5-18(15-31)12-24(20)28(3)22-10-7-19(16-32)13-25(22)27(2,29(26,28)4)21-9-6-17(14-30)11-23(21)26/h5-16H,1-4H3/t26-,27-,28-,29?/m0/s1. The molecule has 0 aliphatic heterocycles. The van der Waals surface area contributed by atoms with Crippen LogP contribution in [-0.4, -0.2) is 18.9 Å². The van der Waals surface area contributed by atoms with Crippen molar-refractivity contribution >= 4 is 18.9 Å². The summed E-state index contributed by atoms with van der Waals surface area (Å²) in [6, 6.07) is 18.2. The SMILES string of the molecule is CC12[C@@]3(C)c4ccc(C=O)cc4[C@]1(C)c1ccc(C=O)cc1[C@]2(C)c1ccc(C=O)cc13. The van der Waals surface area contributed by atoms with Gasteiger partial charge in [0, 0.05) is 38.4 Å².